The van der Waals surface area contributed by atoms with E-state index in [1.807, 2.05) is 35.1 Å². The Morgan fingerprint density at radius 1 is 1.29 bits per heavy atom. The highest BCUT2D eigenvalue weighted by Gasteiger charge is 2.08. The number of hydrogen-bond donors (Lipinski definition) is 2. The van der Waals surface area contributed by atoms with E-state index in [0.29, 0.717) is 23.4 Å². The van der Waals surface area contributed by atoms with Gasteiger partial charge in [0.2, 0.25) is 0 Å². The molecule has 0 radical (unpaired) electrons. The Hall–Kier alpha value is -2.70. The van der Waals surface area contributed by atoms with Crippen molar-refractivity contribution in [3.8, 4) is 11.5 Å². The van der Waals surface area contributed by atoms with Crippen LogP contribution in [0.5, 0.6) is 11.5 Å². The molecule has 7 heteroatoms. The van der Waals surface area contributed by atoms with Crippen LogP contribution in [0.2, 0.25) is 0 Å². The van der Waals surface area contributed by atoms with Gasteiger partial charge in [-0.2, -0.15) is 5.10 Å². The minimum Gasteiger partial charge on any atom is -0.493 e. The molecule has 0 aliphatic carbocycles. The monoisotopic (exact) mass is 331 g/mol. The lowest BCUT2D eigenvalue weighted by molar-refractivity contribution is 0.355. The fourth-order valence-corrected chi connectivity index (χ4v) is 2.29. The summed E-state index contributed by atoms with van der Waals surface area (Å²) in [7, 11) is 4.98. The van der Waals surface area contributed by atoms with E-state index in [9.17, 15) is 0 Å². The highest BCUT2D eigenvalue weighted by Crippen LogP contribution is 2.29. The van der Waals surface area contributed by atoms with E-state index in [2.05, 4.69) is 27.6 Å². The lowest BCUT2D eigenvalue weighted by Gasteiger charge is -2.17. The van der Waals surface area contributed by atoms with Crippen LogP contribution < -0.4 is 20.1 Å². The predicted molar refractivity (Wildman–Crippen MR) is 95.9 cm³/mol. The van der Waals surface area contributed by atoms with E-state index in [1.54, 1.807) is 27.5 Å². The van der Waals surface area contributed by atoms with Crippen molar-refractivity contribution >= 4 is 11.6 Å². The van der Waals surface area contributed by atoms with Crippen LogP contribution in [0.1, 0.15) is 6.92 Å². The second kappa shape index (κ2) is 8.81. The number of nitrogens with zero attached hydrogens (tertiary/aromatic N) is 3. The molecule has 0 amide bonds. The van der Waals surface area contributed by atoms with E-state index in [-0.39, 0.29) is 0 Å². The van der Waals surface area contributed by atoms with Crippen molar-refractivity contribution in [1.29, 1.82) is 0 Å². The Balaban J connectivity index is 1.90. The van der Waals surface area contributed by atoms with Gasteiger partial charge in [-0.05, 0) is 24.1 Å². The number of aromatic nitrogens is 2. The van der Waals surface area contributed by atoms with Crippen molar-refractivity contribution in [2.45, 2.75) is 13.5 Å². The maximum Gasteiger partial charge on any atom is 0.195 e. The molecule has 0 spiro atoms. The Labute approximate surface area is 142 Å². The number of guanidine groups is 1. The molecule has 130 valence electrons. The summed E-state index contributed by atoms with van der Waals surface area (Å²) in [5, 5.41) is 10.8. The first-order valence-electron chi connectivity index (χ1n) is 7.83. The molecule has 0 saturated heterocycles. The van der Waals surface area contributed by atoms with Gasteiger partial charge in [-0.15, -0.1) is 0 Å². The average molecular weight is 331 g/mol. The molecule has 0 bridgehead atoms. The number of rotatable bonds is 7. The van der Waals surface area contributed by atoms with Gasteiger partial charge in [0, 0.05) is 44.3 Å². The zero-order valence-electron chi connectivity index (χ0n) is 14.6. The molecule has 2 rings (SSSR count). The van der Waals surface area contributed by atoms with Crippen molar-refractivity contribution in [2.75, 3.05) is 33.1 Å². The van der Waals surface area contributed by atoms with Crippen molar-refractivity contribution < 1.29 is 9.47 Å². The van der Waals surface area contributed by atoms with Crippen molar-refractivity contribution in [3.05, 3.63) is 36.7 Å². The lowest BCUT2D eigenvalue weighted by Crippen LogP contribution is -2.35. The third kappa shape index (κ3) is 4.91. The molecule has 1 unspecified atom stereocenters. The Bertz CT molecular complexity index is 655. The molecule has 0 aliphatic rings. The van der Waals surface area contributed by atoms with Gasteiger partial charge in [0.15, 0.2) is 17.5 Å². The van der Waals surface area contributed by atoms with Crippen LogP contribution in [0, 0.1) is 5.92 Å². The van der Waals surface area contributed by atoms with E-state index in [4.69, 9.17) is 9.47 Å². The van der Waals surface area contributed by atoms with Gasteiger partial charge < -0.3 is 20.1 Å². The molecule has 0 fully saturated rings. The first-order valence-corrected chi connectivity index (χ1v) is 7.83. The fraction of sp³-hybridized carbons (Fsp3) is 0.412. The zero-order chi connectivity index (χ0) is 17.4. The third-order valence-electron chi connectivity index (χ3n) is 3.55. The van der Waals surface area contributed by atoms with E-state index in [0.717, 1.165) is 18.8 Å². The molecule has 1 aromatic heterocycles. The molecule has 7 nitrogen and oxygen atoms in total. The maximum absolute atomic E-state index is 5.31. The highest BCUT2D eigenvalue weighted by molar-refractivity contribution is 5.93. The SMILES string of the molecule is CN=C(NCC(C)Cn1cccn1)Nc1ccc(OC)c(OC)c1. The Morgan fingerprint density at radius 3 is 2.71 bits per heavy atom. The summed E-state index contributed by atoms with van der Waals surface area (Å²) >= 11 is 0. The van der Waals surface area contributed by atoms with Gasteiger partial charge in [-0.1, -0.05) is 6.92 Å². The smallest absolute Gasteiger partial charge is 0.195 e. The van der Waals surface area contributed by atoms with Gasteiger partial charge in [0.05, 0.1) is 14.2 Å². The molecule has 1 heterocycles. The van der Waals surface area contributed by atoms with Crippen LogP contribution in [0.15, 0.2) is 41.7 Å². The normalized spacial score (nSPS) is 12.6. The first-order chi connectivity index (χ1) is 11.7. The summed E-state index contributed by atoms with van der Waals surface area (Å²) in [6.07, 6.45) is 3.75. The molecule has 2 N–H and O–H groups in total. The summed E-state index contributed by atoms with van der Waals surface area (Å²) in [6, 6.07) is 7.58. The van der Waals surface area contributed by atoms with E-state index >= 15 is 0 Å². The molecule has 0 aliphatic heterocycles. The average Bonchev–Trinajstić information content (AvgIpc) is 3.11. The van der Waals surface area contributed by atoms with Crippen LogP contribution in [0.25, 0.3) is 0 Å². The van der Waals surface area contributed by atoms with Gasteiger partial charge in [-0.3, -0.25) is 9.67 Å². The minimum absolute atomic E-state index is 0.411. The molecular weight excluding hydrogens is 306 g/mol. The van der Waals surface area contributed by atoms with Crippen LogP contribution in [-0.4, -0.2) is 43.6 Å². The Morgan fingerprint density at radius 2 is 2.08 bits per heavy atom. The number of benzene rings is 1. The van der Waals surface area contributed by atoms with E-state index < -0.39 is 0 Å². The minimum atomic E-state index is 0.411. The van der Waals surface area contributed by atoms with Crippen LogP contribution in [0.4, 0.5) is 5.69 Å². The number of aliphatic imine (C=N–C) groups is 1. The van der Waals surface area contributed by atoms with Crippen molar-refractivity contribution in [2.24, 2.45) is 10.9 Å². The summed E-state index contributed by atoms with van der Waals surface area (Å²) in [6.45, 7) is 3.80. The van der Waals surface area contributed by atoms with E-state index in [1.165, 1.54) is 0 Å². The number of nitrogens with one attached hydrogen (secondary N) is 2. The van der Waals surface area contributed by atoms with Crippen LogP contribution >= 0.6 is 0 Å². The quantitative estimate of drug-likeness (QED) is 0.601. The molecule has 2 aromatic rings. The maximum atomic E-state index is 5.31. The zero-order valence-corrected chi connectivity index (χ0v) is 14.6. The summed E-state index contributed by atoms with van der Waals surface area (Å²) < 4.78 is 12.5. The largest absolute Gasteiger partial charge is 0.493 e. The summed E-state index contributed by atoms with van der Waals surface area (Å²) in [4.78, 5) is 4.25. The Kier molecular flexibility index (Phi) is 6.48. The molecule has 1 atom stereocenters. The number of anilines is 1. The standard InChI is InChI=1S/C17H25N5O2/c1-13(12-22-9-5-8-20-22)11-19-17(18-2)21-14-6-7-15(23-3)16(10-14)24-4/h5-10,13H,11-12H2,1-4H3,(H2,18,19,21). The van der Waals surface area contributed by atoms with Gasteiger partial charge in [0.1, 0.15) is 0 Å². The fourth-order valence-electron chi connectivity index (χ4n) is 2.29. The van der Waals surface area contributed by atoms with Crippen LogP contribution in [0.3, 0.4) is 0 Å². The molecular formula is C17H25N5O2. The van der Waals surface area contributed by atoms with Crippen molar-refractivity contribution in [3.63, 3.8) is 0 Å². The van der Waals surface area contributed by atoms with Gasteiger partial charge in [-0.25, -0.2) is 0 Å². The molecule has 24 heavy (non-hydrogen) atoms. The third-order valence-corrected chi connectivity index (χ3v) is 3.55. The second-order valence-electron chi connectivity index (χ2n) is 5.48. The first kappa shape index (κ1) is 17.7. The number of methoxy groups -OCH3 is 2. The topological polar surface area (TPSA) is 72.7 Å². The number of hydrogen-bond acceptors (Lipinski definition) is 4. The van der Waals surface area contributed by atoms with Crippen LogP contribution in [-0.2, 0) is 6.54 Å². The number of ether oxygens (including phenoxy) is 2. The predicted octanol–water partition coefficient (Wildman–Crippen LogP) is 2.22. The molecule has 0 saturated carbocycles. The highest BCUT2D eigenvalue weighted by atomic mass is 16.5. The van der Waals surface area contributed by atoms with Gasteiger partial charge >= 0.3 is 0 Å². The van der Waals surface area contributed by atoms with Crippen molar-refractivity contribution in [1.82, 2.24) is 15.1 Å². The van der Waals surface area contributed by atoms with Gasteiger partial charge in [0.25, 0.3) is 0 Å². The summed E-state index contributed by atoms with van der Waals surface area (Å²) in [5.41, 5.74) is 0.875. The lowest BCUT2D eigenvalue weighted by atomic mass is 10.2. The molecule has 1 aromatic carbocycles. The summed E-state index contributed by atoms with van der Waals surface area (Å²) in [5.74, 6) is 2.48. The second-order valence-corrected chi connectivity index (χ2v) is 5.48.